The zero-order valence-corrected chi connectivity index (χ0v) is 14.7. The molecule has 0 aromatic heterocycles. The van der Waals surface area contributed by atoms with Crippen molar-refractivity contribution in [2.45, 2.75) is 45.1 Å². The van der Waals surface area contributed by atoms with Gasteiger partial charge in [0, 0.05) is 31.1 Å². The number of nitrogens with one attached hydrogen (secondary N) is 1. The first-order valence-electron chi connectivity index (χ1n) is 8.86. The number of Topliss-reactive ketones (excluding diaryl/α,β-unsaturated/α-hetero) is 1. The fraction of sp³-hybridized carbons (Fsp3) is 0.526. The lowest BCUT2D eigenvalue weighted by Crippen LogP contribution is -2.47. The van der Waals surface area contributed by atoms with E-state index < -0.39 is 5.92 Å². The summed E-state index contributed by atoms with van der Waals surface area (Å²) < 4.78 is 5.01. The van der Waals surface area contributed by atoms with Gasteiger partial charge in [-0.3, -0.25) is 9.59 Å². The molecule has 1 aliphatic carbocycles. The van der Waals surface area contributed by atoms with Crippen molar-refractivity contribution in [3.8, 4) is 0 Å². The lowest BCUT2D eigenvalue weighted by Gasteiger charge is -2.32. The fourth-order valence-electron chi connectivity index (χ4n) is 3.73. The number of fused-ring (bicyclic) bond motifs is 1. The lowest BCUT2D eigenvalue weighted by molar-refractivity contribution is -0.123. The normalized spacial score (nSPS) is 20.3. The van der Waals surface area contributed by atoms with E-state index in [1.807, 2.05) is 19.1 Å². The number of hydrogen-bond acceptors (Lipinski definition) is 4. The number of amides is 2. The van der Waals surface area contributed by atoms with E-state index in [0.717, 1.165) is 11.1 Å². The average Bonchev–Trinajstić information content (AvgIpc) is 2.94. The standard InChI is InChI=1S/C19H24N2O4/c1-3-25-19(24)21-9-7-13(8-10-21)20-18(23)15-11-16(22)14-6-4-5-12(2)17(14)15/h4-6,13,15H,3,7-11H2,1-2H3,(H,20,23). The predicted octanol–water partition coefficient (Wildman–Crippen LogP) is 2.40. The van der Waals surface area contributed by atoms with Crippen LogP contribution in [0.3, 0.4) is 0 Å². The van der Waals surface area contributed by atoms with Crippen molar-refractivity contribution in [1.82, 2.24) is 10.2 Å². The predicted molar refractivity (Wildman–Crippen MR) is 92.6 cm³/mol. The van der Waals surface area contributed by atoms with E-state index in [1.54, 1.807) is 17.9 Å². The second-order valence-electron chi connectivity index (χ2n) is 6.68. The molecule has 6 nitrogen and oxygen atoms in total. The van der Waals surface area contributed by atoms with E-state index in [9.17, 15) is 14.4 Å². The summed E-state index contributed by atoms with van der Waals surface area (Å²) in [7, 11) is 0. The molecule has 0 spiro atoms. The Morgan fingerprint density at radius 1 is 1.28 bits per heavy atom. The minimum atomic E-state index is -0.396. The zero-order chi connectivity index (χ0) is 18.0. The van der Waals surface area contributed by atoms with Crippen molar-refractivity contribution in [2.24, 2.45) is 0 Å². The molecule has 0 bridgehead atoms. The molecule has 25 heavy (non-hydrogen) atoms. The third kappa shape index (κ3) is 3.52. The van der Waals surface area contributed by atoms with E-state index in [1.165, 1.54) is 0 Å². The average molecular weight is 344 g/mol. The molecular formula is C19H24N2O4. The summed E-state index contributed by atoms with van der Waals surface area (Å²) in [5.41, 5.74) is 2.53. The highest BCUT2D eigenvalue weighted by Crippen LogP contribution is 2.35. The Morgan fingerprint density at radius 2 is 2.00 bits per heavy atom. The van der Waals surface area contributed by atoms with Gasteiger partial charge in [-0.25, -0.2) is 4.79 Å². The highest BCUT2D eigenvalue weighted by Gasteiger charge is 2.36. The monoisotopic (exact) mass is 344 g/mol. The number of aryl methyl sites for hydroxylation is 1. The van der Waals surface area contributed by atoms with Crippen molar-refractivity contribution < 1.29 is 19.1 Å². The molecule has 3 rings (SSSR count). The lowest BCUT2D eigenvalue weighted by atomic mass is 9.95. The second-order valence-corrected chi connectivity index (χ2v) is 6.68. The Balaban J connectivity index is 1.60. The molecule has 1 atom stereocenters. The molecule has 134 valence electrons. The highest BCUT2D eigenvalue weighted by atomic mass is 16.6. The van der Waals surface area contributed by atoms with Gasteiger partial charge in [0.2, 0.25) is 5.91 Å². The van der Waals surface area contributed by atoms with Gasteiger partial charge in [-0.05, 0) is 37.8 Å². The Hall–Kier alpha value is -2.37. The summed E-state index contributed by atoms with van der Waals surface area (Å²) in [5, 5.41) is 3.07. The van der Waals surface area contributed by atoms with Gasteiger partial charge in [-0.15, -0.1) is 0 Å². The minimum Gasteiger partial charge on any atom is -0.450 e. The summed E-state index contributed by atoms with van der Waals surface area (Å²) in [4.78, 5) is 38.3. The van der Waals surface area contributed by atoms with Gasteiger partial charge in [0.25, 0.3) is 0 Å². The van der Waals surface area contributed by atoms with Crippen LogP contribution in [0.15, 0.2) is 18.2 Å². The van der Waals surface area contributed by atoms with Gasteiger partial charge in [-0.1, -0.05) is 18.2 Å². The van der Waals surface area contributed by atoms with Crippen LogP contribution in [0.5, 0.6) is 0 Å². The summed E-state index contributed by atoms with van der Waals surface area (Å²) >= 11 is 0. The summed E-state index contributed by atoms with van der Waals surface area (Å²) in [6.45, 7) is 5.24. The van der Waals surface area contributed by atoms with Crippen LogP contribution in [0.25, 0.3) is 0 Å². The van der Waals surface area contributed by atoms with Crippen molar-refractivity contribution in [3.05, 3.63) is 34.9 Å². The number of carbonyl (C=O) groups is 3. The molecule has 1 heterocycles. The van der Waals surface area contributed by atoms with Gasteiger partial charge in [0.15, 0.2) is 5.78 Å². The molecule has 1 aliphatic heterocycles. The molecule has 6 heteroatoms. The second kappa shape index (κ2) is 7.25. The molecule has 1 fully saturated rings. The quantitative estimate of drug-likeness (QED) is 0.913. The SMILES string of the molecule is CCOC(=O)N1CCC(NC(=O)C2CC(=O)c3cccc(C)c32)CC1. The highest BCUT2D eigenvalue weighted by molar-refractivity contribution is 6.07. The van der Waals surface area contributed by atoms with Crippen LogP contribution in [0.1, 0.15) is 53.6 Å². The van der Waals surface area contributed by atoms with E-state index in [2.05, 4.69) is 5.32 Å². The van der Waals surface area contributed by atoms with Gasteiger partial charge in [0.05, 0.1) is 12.5 Å². The largest absolute Gasteiger partial charge is 0.450 e. The maximum Gasteiger partial charge on any atom is 0.409 e. The van der Waals surface area contributed by atoms with E-state index in [0.29, 0.717) is 38.1 Å². The van der Waals surface area contributed by atoms with E-state index >= 15 is 0 Å². The number of ketones is 1. The smallest absolute Gasteiger partial charge is 0.409 e. The fourth-order valence-corrected chi connectivity index (χ4v) is 3.73. The molecule has 1 saturated heterocycles. The van der Waals surface area contributed by atoms with Crippen LogP contribution in [-0.4, -0.2) is 48.4 Å². The first-order chi connectivity index (χ1) is 12.0. The number of piperidine rings is 1. The molecule has 1 aromatic rings. The van der Waals surface area contributed by atoms with Crippen LogP contribution in [0.4, 0.5) is 4.79 Å². The van der Waals surface area contributed by atoms with Crippen LogP contribution in [0.2, 0.25) is 0 Å². The number of nitrogens with zero attached hydrogens (tertiary/aromatic N) is 1. The Bertz CT molecular complexity index is 693. The molecule has 1 aromatic carbocycles. The van der Waals surface area contributed by atoms with Crippen LogP contribution < -0.4 is 5.32 Å². The van der Waals surface area contributed by atoms with E-state index in [-0.39, 0.29) is 30.2 Å². The van der Waals surface area contributed by atoms with Crippen LogP contribution in [0, 0.1) is 6.92 Å². The number of likely N-dealkylation sites (tertiary alicyclic amines) is 1. The topological polar surface area (TPSA) is 75.7 Å². The zero-order valence-electron chi connectivity index (χ0n) is 14.7. The number of carbonyl (C=O) groups excluding carboxylic acids is 3. The van der Waals surface area contributed by atoms with E-state index in [4.69, 9.17) is 4.74 Å². The maximum atomic E-state index is 12.7. The van der Waals surface area contributed by atoms with Crippen LogP contribution >= 0.6 is 0 Å². The molecular weight excluding hydrogens is 320 g/mol. The van der Waals surface area contributed by atoms with Crippen molar-refractivity contribution in [1.29, 1.82) is 0 Å². The number of rotatable bonds is 3. The maximum absolute atomic E-state index is 12.7. The van der Waals surface area contributed by atoms with Gasteiger partial charge >= 0.3 is 6.09 Å². The third-order valence-electron chi connectivity index (χ3n) is 5.05. The Morgan fingerprint density at radius 3 is 2.68 bits per heavy atom. The molecule has 2 amide bonds. The van der Waals surface area contributed by atoms with Crippen molar-refractivity contribution >= 4 is 17.8 Å². The number of benzene rings is 1. The molecule has 1 unspecified atom stereocenters. The van der Waals surface area contributed by atoms with Gasteiger partial charge in [0.1, 0.15) is 0 Å². The van der Waals surface area contributed by atoms with Crippen LogP contribution in [-0.2, 0) is 9.53 Å². The number of hydrogen-bond donors (Lipinski definition) is 1. The molecule has 0 radical (unpaired) electrons. The summed E-state index contributed by atoms with van der Waals surface area (Å²) in [6, 6.07) is 5.63. The first-order valence-corrected chi connectivity index (χ1v) is 8.86. The number of ether oxygens (including phenoxy) is 1. The molecule has 2 aliphatic rings. The van der Waals surface area contributed by atoms with Crippen molar-refractivity contribution in [2.75, 3.05) is 19.7 Å². The van der Waals surface area contributed by atoms with Gasteiger partial charge in [-0.2, -0.15) is 0 Å². The Labute approximate surface area is 147 Å². The van der Waals surface area contributed by atoms with Crippen molar-refractivity contribution in [3.63, 3.8) is 0 Å². The molecule has 1 N–H and O–H groups in total. The molecule has 0 saturated carbocycles. The first kappa shape index (κ1) is 17.5. The minimum absolute atomic E-state index is 0.0290. The summed E-state index contributed by atoms with van der Waals surface area (Å²) in [6.07, 6.45) is 1.35. The Kier molecular flexibility index (Phi) is 5.06. The third-order valence-corrected chi connectivity index (χ3v) is 5.05. The van der Waals surface area contributed by atoms with Gasteiger partial charge < -0.3 is 15.0 Å². The summed E-state index contributed by atoms with van der Waals surface area (Å²) in [5.74, 6) is -0.446.